The zero-order chi connectivity index (χ0) is 14.8. The summed E-state index contributed by atoms with van der Waals surface area (Å²) in [5.74, 6) is 0. The van der Waals surface area contributed by atoms with Gasteiger partial charge in [-0.1, -0.05) is 0 Å². The van der Waals surface area contributed by atoms with Gasteiger partial charge in [0, 0.05) is 18.7 Å². The Morgan fingerprint density at radius 1 is 1.48 bits per heavy atom. The maximum atomic E-state index is 11.7. The number of hydrogen-bond acceptors (Lipinski definition) is 6. The van der Waals surface area contributed by atoms with Crippen LogP contribution < -0.4 is 10.9 Å². The highest BCUT2D eigenvalue weighted by Crippen LogP contribution is 2.29. The summed E-state index contributed by atoms with van der Waals surface area (Å²) in [4.78, 5) is 28.9. The van der Waals surface area contributed by atoms with Crippen molar-refractivity contribution in [2.24, 2.45) is 0 Å². The second-order valence-electron chi connectivity index (χ2n) is 4.93. The van der Waals surface area contributed by atoms with Gasteiger partial charge in [0.25, 0.3) is 11.2 Å². The lowest BCUT2D eigenvalue weighted by Crippen LogP contribution is -2.30. The largest absolute Gasteiger partial charge is 0.379 e. The summed E-state index contributed by atoms with van der Waals surface area (Å²) >= 11 is 0. The van der Waals surface area contributed by atoms with Crippen LogP contribution in [0, 0.1) is 10.1 Å². The Balaban J connectivity index is 2.05. The van der Waals surface area contributed by atoms with Crippen molar-refractivity contribution in [1.82, 2.24) is 9.97 Å². The van der Waals surface area contributed by atoms with Gasteiger partial charge in [0.2, 0.25) is 0 Å². The van der Waals surface area contributed by atoms with E-state index < -0.39 is 10.5 Å². The molecule has 1 aliphatic heterocycles. The van der Waals surface area contributed by atoms with Gasteiger partial charge in [-0.15, -0.1) is 0 Å². The average molecular weight is 290 g/mol. The Kier molecular flexibility index (Phi) is 3.53. The molecular weight excluding hydrogens is 276 g/mol. The van der Waals surface area contributed by atoms with E-state index in [1.165, 1.54) is 18.5 Å². The molecule has 2 heterocycles. The first-order chi connectivity index (χ1) is 10.1. The number of aromatic nitrogens is 2. The molecule has 0 spiro atoms. The van der Waals surface area contributed by atoms with Crippen LogP contribution in [0.3, 0.4) is 0 Å². The zero-order valence-electron chi connectivity index (χ0n) is 11.2. The van der Waals surface area contributed by atoms with Gasteiger partial charge in [-0.3, -0.25) is 14.9 Å². The quantitative estimate of drug-likeness (QED) is 0.653. The van der Waals surface area contributed by atoms with Crippen molar-refractivity contribution in [2.75, 3.05) is 18.5 Å². The molecule has 8 heteroatoms. The summed E-state index contributed by atoms with van der Waals surface area (Å²) in [6.45, 7) is 1.23. The second-order valence-corrected chi connectivity index (χ2v) is 4.93. The lowest BCUT2D eigenvalue weighted by molar-refractivity contribution is -0.383. The third-order valence-corrected chi connectivity index (χ3v) is 3.47. The van der Waals surface area contributed by atoms with Crippen LogP contribution in [0.15, 0.2) is 23.3 Å². The van der Waals surface area contributed by atoms with Crippen molar-refractivity contribution in [1.29, 1.82) is 0 Å². The highest BCUT2D eigenvalue weighted by Gasteiger charge is 2.21. The SMILES string of the molecule is O=c1[nH]cnc2cc(NC3CCCOC3)c([N+](=O)[O-])cc12. The normalized spacial score (nSPS) is 18.6. The van der Waals surface area contributed by atoms with E-state index in [1.807, 2.05) is 0 Å². The van der Waals surface area contributed by atoms with Crippen LogP contribution in [-0.4, -0.2) is 34.1 Å². The van der Waals surface area contributed by atoms with Crippen LogP contribution in [-0.2, 0) is 4.74 Å². The molecule has 0 saturated carbocycles. The van der Waals surface area contributed by atoms with Crippen LogP contribution in [0.25, 0.3) is 10.9 Å². The maximum Gasteiger partial charge on any atom is 0.293 e. The molecule has 110 valence electrons. The number of ether oxygens (including phenoxy) is 1. The van der Waals surface area contributed by atoms with Crippen molar-refractivity contribution in [3.63, 3.8) is 0 Å². The van der Waals surface area contributed by atoms with E-state index in [0.29, 0.717) is 17.8 Å². The number of nitrogens with zero attached hydrogens (tertiary/aromatic N) is 2. The molecule has 1 atom stereocenters. The Labute approximate surface area is 119 Å². The average Bonchev–Trinajstić information content (AvgIpc) is 2.48. The fraction of sp³-hybridized carbons (Fsp3) is 0.385. The first kappa shape index (κ1) is 13.5. The number of H-pyrrole nitrogens is 1. The number of fused-ring (bicyclic) bond motifs is 1. The molecule has 1 aromatic heterocycles. The molecular formula is C13H14N4O4. The van der Waals surface area contributed by atoms with Gasteiger partial charge < -0.3 is 15.0 Å². The third kappa shape index (κ3) is 2.70. The number of nitro groups is 1. The standard InChI is InChI=1S/C13H14N4O4/c18-13-9-4-12(17(19)20)11(5-10(9)14-7-15-13)16-8-2-1-3-21-6-8/h4-5,7-8,16H,1-3,6H2,(H,14,15,18). The molecule has 3 rings (SSSR count). The van der Waals surface area contributed by atoms with Crippen molar-refractivity contribution < 1.29 is 9.66 Å². The predicted molar refractivity (Wildman–Crippen MR) is 76.5 cm³/mol. The number of nitro benzene ring substituents is 1. The van der Waals surface area contributed by atoms with Gasteiger partial charge in [-0.05, 0) is 18.9 Å². The molecule has 0 radical (unpaired) electrons. The van der Waals surface area contributed by atoms with E-state index in [4.69, 9.17) is 4.74 Å². The molecule has 1 aromatic carbocycles. The molecule has 2 N–H and O–H groups in total. The second kappa shape index (κ2) is 5.49. The van der Waals surface area contributed by atoms with E-state index in [1.54, 1.807) is 0 Å². The van der Waals surface area contributed by atoms with Gasteiger partial charge in [-0.2, -0.15) is 0 Å². The first-order valence-corrected chi connectivity index (χ1v) is 6.65. The van der Waals surface area contributed by atoms with Gasteiger partial charge >= 0.3 is 0 Å². The number of nitrogens with one attached hydrogen (secondary N) is 2. The predicted octanol–water partition coefficient (Wildman–Crippen LogP) is 1.42. The number of anilines is 1. The fourth-order valence-electron chi connectivity index (χ4n) is 2.44. The van der Waals surface area contributed by atoms with Crippen LogP contribution in [0.2, 0.25) is 0 Å². The maximum absolute atomic E-state index is 11.7. The van der Waals surface area contributed by atoms with Gasteiger partial charge in [-0.25, -0.2) is 4.98 Å². The molecule has 2 aromatic rings. The minimum absolute atomic E-state index is 0.0249. The van der Waals surface area contributed by atoms with E-state index >= 15 is 0 Å². The summed E-state index contributed by atoms with van der Waals surface area (Å²) in [5.41, 5.74) is 0.256. The van der Waals surface area contributed by atoms with Crippen molar-refractivity contribution in [3.8, 4) is 0 Å². The highest BCUT2D eigenvalue weighted by atomic mass is 16.6. The van der Waals surface area contributed by atoms with Crippen LogP contribution in [0.5, 0.6) is 0 Å². The number of rotatable bonds is 3. The molecule has 1 unspecified atom stereocenters. The van der Waals surface area contributed by atoms with E-state index in [-0.39, 0.29) is 17.1 Å². The Morgan fingerprint density at radius 3 is 3.05 bits per heavy atom. The summed E-state index contributed by atoms with van der Waals surface area (Å²) in [6, 6.07) is 2.82. The molecule has 21 heavy (non-hydrogen) atoms. The topological polar surface area (TPSA) is 110 Å². The summed E-state index contributed by atoms with van der Waals surface area (Å²) in [5, 5.41) is 14.5. The summed E-state index contributed by atoms with van der Waals surface area (Å²) in [6.07, 6.45) is 3.08. The monoisotopic (exact) mass is 290 g/mol. The van der Waals surface area contributed by atoms with Crippen molar-refractivity contribution in [2.45, 2.75) is 18.9 Å². The van der Waals surface area contributed by atoms with Gasteiger partial charge in [0.1, 0.15) is 5.69 Å². The molecule has 1 saturated heterocycles. The van der Waals surface area contributed by atoms with Crippen LogP contribution in [0.4, 0.5) is 11.4 Å². The Hall–Kier alpha value is -2.48. The van der Waals surface area contributed by atoms with Gasteiger partial charge in [0.15, 0.2) is 0 Å². The summed E-state index contributed by atoms with van der Waals surface area (Å²) < 4.78 is 5.36. The smallest absolute Gasteiger partial charge is 0.293 e. The van der Waals surface area contributed by atoms with E-state index in [9.17, 15) is 14.9 Å². The van der Waals surface area contributed by atoms with Crippen molar-refractivity contribution in [3.05, 3.63) is 38.9 Å². The van der Waals surface area contributed by atoms with E-state index in [0.717, 1.165) is 19.4 Å². The zero-order valence-corrected chi connectivity index (χ0v) is 11.2. The molecule has 1 fully saturated rings. The fourth-order valence-corrected chi connectivity index (χ4v) is 2.44. The highest BCUT2D eigenvalue weighted by molar-refractivity contribution is 5.86. The summed E-state index contributed by atoms with van der Waals surface area (Å²) in [7, 11) is 0. The minimum Gasteiger partial charge on any atom is -0.379 e. The van der Waals surface area contributed by atoms with Crippen LogP contribution >= 0.6 is 0 Å². The van der Waals surface area contributed by atoms with E-state index in [2.05, 4.69) is 15.3 Å². The molecule has 1 aliphatic rings. The number of hydrogen-bond donors (Lipinski definition) is 2. The first-order valence-electron chi connectivity index (χ1n) is 6.65. The molecule has 8 nitrogen and oxygen atoms in total. The Morgan fingerprint density at radius 2 is 2.33 bits per heavy atom. The third-order valence-electron chi connectivity index (χ3n) is 3.47. The Bertz CT molecular complexity index is 737. The lowest BCUT2D eigenvalue weighted by atomic mass is 10.1. The number of aromatic amines is 1. The molecule has 0 aliphatic carbocycles. The van der Waals surface area contributed by atoms with Crippen molar-refractivity contribution >= 4 is 22.3 Å². The lowest BCUT2D eigenvalue weighted by Gasteiger charge is -2.24. The molecule has 0 bridgehead atoms. The minimum atomic E-state index is -0.502. The molecule has 0 amide bonds. The number of benzene rings is 1. The van der Waals surface area contributed by atoms with Gasteiger partial charge in [0.05, 0.1) is 28.8 Å². The van der Waals surface area contributed by atoms with Crippen LogP contribution in [0.1, 0.15) is 12.8 Å².